The number of unbranched alkanes of at least 4 members (excludes halogenated alkanes) is 3. The van der Waals surface area contributed by atoms with Gasteiger partial charge in [-0.05, 0) is 66.7 Å². The molecule has 2 rings (SSSR count). The van der Waals surface area contributed by atoms with E-state index in [1.165, 1.54) is 31.2 Å². The van der Waals surface area contributed by atoms with Gasteiger partial charge < -0.3 is 15.9 Å². The van der Waals surface area contributed by atoms with Crippen molar-refractivity contribution < 1.29 is 10.2 Å². The number of rotatable bonds is 8. The largest absolute Gasteiger partial charge is 0.508 e. The van der Waals surface area contributed by atoms with Crippen molar-refractivity contribution >= 4 is 0 Å². The molecule has 1 fully saturated rings. The molecular weight excluding hydrogens is 310 g/mol. The Hall–Kier alpha value is -1.06. The number of hydrogen-bond donors (Lipinski definition) is 3. The van der Waals surface area contributed by atoms with Crippen LogP contribution in [0.25, 0.3) is 0 Å². The van der Waals surface area contributed by atoms with Gasteiger partial charge in [-0.2, -0.15) is 0 Å². The summed E-state index contributed by atoms with van der Waals surface area (Å²) in [7, 11) is 0. The fourth-order valence-electron chi connectivity index (χ4n) is 4.29. The summed E-state index contributed by atoms with van der Waals surface area (Å²) in [6.45, 7) is 7.38. The molecule has 0 aliphatic heterocycles. The summed E-state index contributed by atoms with van der Waals surface area (Å²) in [5, 5.41) is 20.7. The number of hydrogen-bond acceptors (Lipinski definition) is 3. The molecule has 0 radical (unpaired) electrons. The van der Waals surface area contributed by atoms with E-state index >= 15 is 0 Å². The number of nitrogens with two attached hydrogens (primary N) is 1. The molecule has 0 heterocycles. The van der Waals surface area contributed by atoms with E-state index in [9.17, 15) is 10.2 Å². The Balaban J connectivity index is 2.13. The van der Waals surface area contributed by atoms with Crippen molar-refractivity contribution in [2.45, 2.75) is 89.6 Å². The monoisotopic (exact) mass is 347 g/mol. The lowest BCUT2D eigenvalue weighted by Gasteiger charge is -2.34. The Morgan fingerprint density at radius 1 is 1.16 bits per heavy atom. The maximum Gasteiger partial charge on any atom is 0.119 e. The van der Waals surface area contributed by atoms with E-state index in [2.05, 4.69) is 32.9 Å². The van der Waals surface area contributed by atoms with Gasteiger partial charge in [-0.1, -0.05) is 58.6 Å². The van der Waals surface area contributed by atoms with Crippen LogP contribution in [0.1, 0.15) is 89.2 Å². The Kier molecular flexibility index (Phi) is 7.33. The molecule has 4 N–H and O–H groups in total. The summed E-state index contributed by atoms with van der Waals surface area (Å²) in [4.78, 5) is 0. The predicted octanol–water partition coefficient (Wildman–Crippen LogP) is 4.84. The minimum Gasteiger partial charge on any atom is -0.508 e. The molecule has 0 unspecified atom stereocenters. The Labute approximate surface area is 153 Å². The number of benzene rings is 1. The Morgan fingerprint density at radius 3 is 2.56 bits per heavy atom. The summed E-state index contributed by atoms with van der Waals surface area (Å²) < 4.78 is 0. The van der Waals surface area contributed by atoms with Crippen LogP contribution in [0.5, 0.6) is 5.75 Å². The van der Waals surface area contributed by atoms with Gasteiger partial charge in [0.1, 0.15) is 5.75 Å². The Morgan fingerprint density at radius 2 is 1.92 bits per heavy atom. The number of aliphatic hydroxyl groups is 1. The average molecular weight is 348 g/mol. The fraction of sp³-hybridized carbons (Fsp3) is 0.727. The van der Waals surface area contributed by atoms with Gasteiger partial charge in [-0.3, -0.25) is 0 Å². The van der Waals surface area contributed by atoms with Gasteiger partial charge in [-0.15, -0.1) is 0 Å². The molecule has 0 spiro atoms. The summed E-state index contributed by atoms with van der Waals surface area (Å²) in [5.74, 6) is 0.884. The highest BCUT2D eigenvalue weighted by Crippen LogP contribution is 2.42. The quantitative estimate of drug-likeness (QED) is 0.589. The zero-order chi connectivity index (χ0) is 18.4. The summed E-state index contributed by atoms with van der Waals surface area (Å²) in [6, 6.07) is 6.19. The number of phenolic OH excluding ortho intramolecular Hbond substituents is 1. The van der Waals surface area contributed by atoms with E-state index in [0.29, 0.717) is 24.6 Å². The molecule has 3 heteroatoms. The van der Waals surface area contributed by atoms with E-state index in [-0.39, 0.29) is 17.4 Å². The maximum absolute atomic E-state index is 10.7. The van der Waals surface area contributed by atoms with Crippen LogP contribution >= 0.6 is 0 Å². The smallest absolute Gasteiger partial charge is 0.119 e. The molecule has 0 amide bonds. The van der Waals surface area contributed by atoms with Crippen LogP contribution in [0.2, 0.25) is 0 Å². The fourth-order valence-corrected chi connectivity index (χ4v) is 4.29. The lowest BCUT2D eigenvalue weighted by Crippen LogP contribution is -2.31. The SMILES string of the molecule is CCCCCCC(C)(C)c1ccc([C@@H]2C[C@H](O)CC[C@H]2CN)c(O)c1. The summed E-state index contributed by atoms with van der Waals surface area (Å²) >= 11 is 0. The normalized spacial score (nSPS) is 24.4. The van der Waals surface area contributed by atoms with Crippen molar-refractivity contribution in [2.24, 2.45) is 11.7 Å². The van der Waals surface area contributed by atoms with Gasteiger partial charge in [-0.25, -0.2) is 0 Å². The minimum absolute atomic E-state index is 0.0725. The molecule has 1 aromatic rings. The van der Waals surface area contributed by atoms with Crippen LogP contribution in [-0.4, -0.2) is 22.9 Å². The Bertz CT molecular complexity index is 541. The predicted molar refractivity (Wildman–Crippen MR) is 105 cm³/mol. The van der Waals surface area contributed by atoms with Gasteiger partial charge in [0.15, 0.2) is 0 Å². The van der Waals surface area contributed by atoms with Gasteiger partial charge in [0, 0.05) is 0 Å². The summed E-state index contributed by atoms with van der Waals surface area (Å²) in [5.41, 5.74) is 8.17. The van der Waals surface area contributed by atoms with Crippen molar-refractivity contribution in [1.29, 1.82) is 0 Å². The molecular formula is C22H37NO2. The van der Waals surface area contributed by atoms with Crippen molar-refractivity contribution in [1.82, 2.24) is 0 Å². The standard InChI is InChI=1S/C22H37NO2/c1-4-5-6-7-12-22(2,3)17-9-11-19(21(25)13-17)20-14-18(24)10-8-16(20)15-23/h9,11,13,16,18,20,24-25H,4-8,10,12,14-15,23H2,1-3H3/t16-,18+,20+/m0/s1. The third kappa shape index (κ3) is 5.21. The van der Waals surface area contributed by atoms with Crippen molar-refractivity contribution in [2.75, 3.05) is 6.54 Å². The van der Waals surface area contributed by atoms with Crippen molar-refractivity contribution in [3.63, 3.8) is 0 Å². The highest BCUT2D eigenvalue weighted by atomic mass is 16.3. The average Bonchev–Trinajstić information content (AvgIpc) is 2.58. The van der Waals surface area contributed by atoms with Crippen molar-refractivity contribution in [3.05, 3.63) is 29.3 Å². The first-order valence-electron chi connectivity index (χ1n) is 10.1. The lowest BCUT2D eigenvalue weighted by molar-refractivity contribution is 0.0950. The second-order valence-electron chi connectivity index (χ2n) is 8.54. The highest BCUT2D eigenvalue weighted by Gasteiger charge is 2.32. The van der Waals surface area contributed by atoms with Gasteiger partial charge >= 0.3 is 0 Å². The number of phenols is 1. The van der Waals surface area contributed by atoms with Crippen LogP contribution in [0.15, 0.2) is 18.2 Å². The second kappa shape index (κ2) is 9.05. The third-order valence-electron chi connectivity index (χ3n) is 6.14. The maximum atomic E-state index is 10.7. The van der Waals surface area contributed by atoms with E-state index in [0.717, 1.165) is 24.8 Å². The van der Waals surface area contributed by atoms with E-state index in [4.69, 9.17) is 5.73 Å². The van der Waals surface area contributed by atoms with Gasteiger partial charge in [0.05, 0.1) is 6.10 Å². The zero-order valence-electron chi connectivity index (χ0n) is 16.3. The number of aliphatic hydroxyl groups excluding tert-OH is 1. The van der Waals surface area contributed by atoms with Crippen LogP contribution in [0.3, 0.4) is 0 Å². The van der Waals surface area contributed by atoms with Crippen LogP contribution in [0.4, 0.5) is 0 Å². The van der Waals surface area contributed by atoms with Crippen molar-refractivity contribution in [3.8, 4) is 5.75 Å². The highest BCUT2D eigenvalue weighted by molar-refractivity contribution is 5.42. The molecule has 1 saturated carbocycles. The molecule has 1 aliphatic rings. The molecule has 3 atom stereocenters. The van der Waals surface area contributed by atoms with E-state index in [1.54, 1.807) is 0 Å². The molecule has 142 valence electrons. The third-order valence-corrected chi connectivity index (χ3v) is 6.14. The van der Waals surface area contributed by atoms with Gasteiger partial charge in [0.2, 0.25) is 0 Å². The molecule has 0 aromatic heterocycles. The topological polar surface area (TPSA) is 66.5 Å². The first kappa shape index (κ1) is 20.3. The minimum atomic E-state index is -0.276. The van der Waals surface area contributed by atoms with Gasteiger partial charge in [0.25, 0.3) is 0 Å². The molecule has 25 heavy (non-hydrogen) atoms. The first-order valence-corrected chi connectivity index (χ1v) is 10.1. The molecule has 3 nitrogen and oxygen atoms in total. The van der Waals surface area contributed by atoms with Crippen LogP contribution in [-0.2, 0) is 5.41 Å². The van der Waals surface area contributed by atoms with Crippen LogP contribution < -0.4 is 5.73 Å². The van der Waals surface area contributed by atoms with Crippen LogP contribution in [0, 0.1) is 5.92 Å². The lowest BCUT2D eigenvalue weighted by atomic mass is 9.73. The number of aromatic hydroxyl groups is 1. The molecule has 1 aromatic carbocycles. The van der Waals surface area contributed by atoms with E-state index < -0.39 is 0 Å². The second-order valence-corrected chi connectivity index (χ2v) is 8.54. The molecule has 0 bridgehead atoms. The summed E-state index contributed by atoms with van der Waals surface area (Å²) in [6.07, 6.45) is 8.39. The van der Waals surface area contributed by atoms with E-state index in [1.807, 2.05) is 6.07 Å². The molecule has 1 aliphatic carbocycles. The zero-order valence-corrected chi connectivity index (χ0v) is 16.3. The molecule has 0 saturated heterocycles. The first-order chi connectivity index (χ1) is 11.9.